The monoisotopic (exact) mass is 401 g/mol. The predicted octanol–water partition coefficient (Wildman–Crippen LogP) is 3.44. The molecule has 0 aliphatic rings. The van der Waals surface area contributed by atoms with E-state index in [1.807, 2.05) is 6.92 Å². The molecular formula is C14H12BrNO6S. The molecule has 0 N–H and O–H groups in total. The van der Waals surface area contributed by atoms with Crippen LogP contribution in [0.1, 0.15) is 5.56 Å². The third-order valence-electron chi connectivity index (χ3n) is 2.91. The van der Waals surface area contributed by atoms with Crippen molar-refractivity contribution in [2.75, 3.05) is 7.11 Å². The maximum Gasteiger partial charge on any atom is 0.342 e. The number of hydrogen-bond acceptors (Lipinski definition) is 6. The van der Waals surface area contributed by atoms with Crippen LogP contribution in [0.4, 0.5) is 5.69 Å². The lowest BCUT2D eigenvalue weighted by molar-refractivity contribution is -0.385. The van der Waals surface area contributed by atoms with Crippen molar-refractivity contribution < 1.29 is 22.3 Å². The Hall–Kier alpha value is -2.13. The number of methoxy groups -OCH3 is 1. The summed E-state index contributed by atoms with van der Waals surface area (Å²) in [4.78, 5) is 9.82. The summed E-state index contributed by atoms with van der Waals surface area (Å²) < 4.78 is 35.3. The van der Waals surface area contributed by atoms with Crippen LogP contribution in [-0.4, -0.2) is 20.5 Å². The minimum absolute atomic E-state index is 0.107. The molecule has 0 bridgehead atoms. The minimum atomic E-state index is -4.21. The molecule has 2 rings (SSSR count). The Kier molecular flexibility index (Phi) is 4.90. The number of aryl methyl sites for hydroxylation is 1. The standard InChI is InChI=1S/C14H12BrNO6S/c1-9-3-5-12(11(15)7-9)22-23(19,20)14-6-4-10(16(17)18)8-13(14)21-2/h3-8H,1-2H3. The van der Waals surface area contributed by atoms with E-state index in [-0.39, 0.29) is 22.1 Å². The Morgan fingerprint density at radius 1 is 1.13 bits per heavy atom. The fourth-order valence-corrected chi connectivity index (χ4v) is 3.59. The van der Waals surface area contributed by atoms with E-state index in [1.165, 1.54) is 13.2 Å². The largest absolute Gasteiger partial charge is 0.495 e. The molecule has 9 heteroatoms. The molecule has 2 aromatic rings. The predicted molar refractivity (Wildman–Crippen MR) is 86.3 cm³/mol. The highest BCUT2D eigenvalue weighted by atomic mass is 79.9. The number of ether oxygens (including phenoxy) is 1. The van der Waals surface area contributed by atoms with Crippen molar-refractivity contribution in [3.8, 4) is 11.5 Å². The normalized spacial score (nSPS) is 11.1. The van der Waals surface area contributed by atoms with Crippen LogP contribution in [0, 0.1) is 17.0 Å². The quantitative estimate of drug-likeness (QED) is 0.432. The first kappa shape index (κ1) is 17.2. The molecule has 0 atom stereocenters. The van der Waals surface area contributed by atoms with Gasteiger partial charge in [-0.3, -0.25) is 10.1 Å². The second kappa shape index (κ2) is 6.55. The van der Waals surface area contributed by atoms with Gasteiger partial charge in [0.2, 0.25) is 0 Å². The number of halogens is 1. The van der Waals surface area contributed by atoms with Gasteiger partial charge < -0.3 is 8.92 Å². The first-order valence-electron chi connectivity index (χ1n) is 6.27. The van der Waals surface area contributed by atoms with E-state index in [0.717, 1.165) is 23.8 Å². The van der Waals surface area contributed by atoms with Crippen molar-refractivity contribution >= 4 is 31.7 Å². The van der Waals surface area contributed by atoms with Crippen molar-refractivity contribution in [3.05, 3.63) is 56.5 Å². The van der Waals surface area contributed by atoms with E-state index < -0.39 is 15.0 Å². The van der Waals surface area contributed by atoms with Gasteiger partial charge in [0.1, 0.15) is 10.6 Å². The van der Waals surface area contributed by atoms with Crippen molar-refractivity contribution in [1.82, 2.24) is 0 Å². The molecule has 0 unspecified atom stereocenters. The molecule has 2 aromatic carbocycles. The Bertz CT molecular complexity index is 866. The van der Waals surface area contributed by atoms with Gasteiger partial charge in [-0.15, -0.1) is 0 Å². The zero-order chi connectivity index (χ0) is 17.2. The maximum absolute atomic E-state index is 12.4. The summed E-state index contributed by atoms with van der Waals surface area (Å²) in [5.41, 5.74) is 0.645. The third kappa shape index (κ3) is 3.80. The summed E-state index contributed by atoms with van der Waals surface area (Å²) in [5, 5.41) is 10.8. The smallest absolute Gasteiger partial charge is 0.342 e. The van der Waals surface area contributed by atoms with E-state index >= 15 is 0 Å². The molecule has 0 aliphatic carbocycles. The fraction of sp³-hybridized carbons (Fsp3) is 0.143. The van der Waals surface area contributed by atoms with Crippen LogP contribution in [0.25, 0.3) is 0 Å². The molecule has 0 heterocycles. The van der Waals surface area contributed by atoms with Crippen molar-refractivity contribution in [2.45, 2.75) is 11.8 Å². The zero-order valence-corrected chi connectivity index (χ0v) is 14.5. The molecule has 0 spiro atoms. The molecule has 0 aliphatic heterocycles. The number of benzene rings is 2. The molecule has 0 radical (unpaired) electrons. The highest BCUT2D eigenvalue weighted by Gasteiger charge is 2.25. The minimum Gasteiger partial charge on any atom is -0.495 e. The summed E-state index contributed by atoms with van der Waals surface area (Å²) in [6.07, 6.45) is 0. The van der Waals surface area contributed by atoms with Crippen LogP contribution in [0.3, 0.4) is 0 Å². The lowest BCUT2D eigenvalue weighted by atomic mass is 10.2. The van der Waals surface area contributed by atoms with Gasteiger partial charge >= 0.3 is 10.1 Å². The fourth-order valence-electron chi connectivity index (χ4n) is 1.81. The van der Waals surface area contributed by atoms with Gasteiger partial charge in [-0.2, -0.15) is 8.42 Å². The van der Waals surface area contributed by atoms with Crippen molar-refractivity contribution in [2.24, 2.45) is 0 Å². The number of rotatable bonds is 5. The van der Waals surface area contributed by atoms with Crippen LogP contribution in [0.2, 0.25) is 0 Å². The van der Waals surface area contributed by atoms with Crippen LogP contribution in [0.5, 0.6) is 11.5 Å². The van der Waals surface area contributed by atoms with Gasteiger partial charge in [-0.1, -0.05) is 6.07 Å². The first-order valence-corrected chi connectivity index (χ1v) is 8.48. The van der Waals surface area contributed by atoms with Gasteiger partial charge in [-0.25, -0.2) is 0 Å². The third-order valence-corrected chi connectivity index (χ3v) is 4.81. The molecule has 7 nitrogen and oxygen atoms in total. The maximum atomic E-state index is 12.4. The Morgan fingerprint density at radius 2 is 1.83 bits per heavy atom. The SMILES string of the molecule is COc1cc([N+](=O)[O-])ccc1S(=O)(=O)Oc1ccc(C)cc1Br. The molecule has 0 aromatic heterocycles. The Balaban J connectivity index is 2.45. The first-order chi connectivity index (χ1) is 10.7. The van der Waals surface area contributed by atoms with Gasteiger partial charge in [0.25, 0.3) is 5.69 Å². The second-order valence-corrected chi connectivity index (χ2v) is 6.93. The Morgan fingerprint density at radius 3 is 2.39 bits per heavy atom. The molecule has 23 heavy (non-hydrogen) atoms. The van der Waals surface area contributed by atoms with Crippen LogP contribution >= 0.6 is 15.9 Å². The summed E-state index contributed by atoms with van der Waals surface area (Å²) >= 11 is 3.23. The topological polar surface area (TPSA) is 95.7 Å². The number of nitro benzene ring substituents is 1. The van der Waals surface area contributed by atoms with Gasteiger partial charge in [0.05, 0.1) is 22.6 Å². The molecule has 0 fully saturated rings. The van der Waals surface area contributed by atoms with Gasteiger partial charge in [0, 0.05) is 6.07 Å². The number of nitrogens with zero attached hydrogens (tertiary/aromatic N) is 1. The summed E-state index contributed by atoms with van der Waals surface area (Å²) in [7, 11) is -2.99. The van der Waals surface area contributed by atoms with E-state index in [9.17, 15) is 18.5 Å². The highest BCUT2D eigenvalue weighted by molar-refractivity contribution is 9.10. The lowest BCUT2D eigenvalue weighted by Crippen LogP contribution is -2.11. The molecule has 122 valence electrons. The van der Waals surface area contributed by atoms with Crippen LogP contribution in [-0.2, 0) is 10.1 Å². The van der Waals surface area contributed by atoms with Gasteiger partial charge in [0.15, 0.2) is 5.75 Å². The average Bonchev–Trinajstić information content (AvgIpc) is 2.49. The number of non-ortho nitro benzene ring substituents is 1. The van der Waals surface area contributed by atoms with Crippen LogP contribution < -0.4 is 8.92 Å². The number of nitro groups is 1. The highest BCUT2D eigenvalue weighted by Crippen LogP contribution is 2.33. The molecular weight excluding hydrogens is 390 g/mol. The Labute approximate surface area is 141 Å². The average molecular weight is 402 g/mol. The van der Waals surface area contributed by atoms with E-state index in [4.69, 9.17) is 8.92 Å². The number of hydrogen-bond donors (Lipinski definition) is 0. The summed E-state index contributed by atoms with van der Waals surface area (Å²) in [6, 6.07) is 8.09. The summed E-state index contributed by atoms with van der Waals surface area (Å²) in [6.45, 7) is 1.85. The molecule has 0 saturated heterocycles. The van der Waals surface area contributed by atoms with E-state index in [2.05, 4.69) is 15.9 Å². The van der Waals surface area contributed by atoms with Crippen LogP contribution in [0.15, 0.2) is 45.8 Å². The van der Waals surface area contributed by atoms with E-state index in [1.54, 1.807) is 12.1 Å². The summed E-state index contributed by atoms with van der Waals surface area (Å²) in [5.74, 6) is -0.0570. The van der Waals surface area contributed by atoms with E-state index in [0.29, 0.717) is 4.47 Å². The molecule has 0 saturated carbocycles. The van der Waals surface area contributed by atoms with Crippen molar-refractivity contribution in [3.63, 3.8) is 0 Å². The molecule has 0 amide bonds. The second-order valence-electron chi connectivity index (χ2n) is 4.56. The lowest BCUT2D eigenvalue weighted by Gasteiger charge is -2.11. The van der Waals surface area contributed by atoms with Gasteiger partial charge in [-0.05, 0) is 46.6 Å². The van der Waals surface area contributed by atoms with Crippen molar-refractivity contribution in [1.29, 1.82) is 0 Å². The zero-order valence-electron chi connectivity index (χ0n) is 12.1.